The van der Waals surface area contributed by atoms with Crippen molar-refractivity contribution in [3.05, 3.63) is 35.4 Å². The van der Waals surface area contributed by atoms with Crippen molar-refractivity contribution >= 4 is 11.6 Å². The van der Waals surface area contributed by atoms with Crippen LogP contribution in [-0.4, -0.2) is 30.4 Å². The Morgan fingerprint density at radius 1 is 1.08 bits per heavy atom. The van der Waals surface area contributed by atoms with E-state index in [4.69, 9.17) is 16.3 Å². The zero-order valence-corrected chi connectivity index (χ0v) is 15.4. The maximum absolute atomic E-state index is 6.63. The standard InChI is InChI=1S/C21H30ClNO/c22-13-10-20-18-8-4-5-9-19(18)21(24-20)11-14-23(15-12-21)16-17-6-2-1-3-7-17/h4-5,8-9,17,20H,1-3,6-7,10-16H2. The van der Waals surface area contributed by atoms with Crippen molar-refractivity contribution < 1.29 is 4.74 Å². The zero-order valence-electron chi connectivity index (χ0n) is 14.7. The Labute approximate surface area is 151 Å². The molecule has 0 bridgehead atoms. The van der Waals surface area contributed by atoms with E-state index >= 15 is 0 Å². The molecule has 0 radical (unpaired) electrons. The minimum Gasteiger partial charge on any atom is -0.362 e. The van der Waals surface area contributed by atoms with Gasteiger partial charge in [-0.05, 0) is 49.1 Å². The lowest BCUT2D eigenvalue weighted by atomic mass is 9.82. The van der Waals surface area contributed by atoms with Gasteiger partial charge >= 0.3 is 0 Å². The fourth-order valence-electron chi connectivity index (χ4n) is 5.12. The summed E-state index contributed by atoms with van der Waals surface area (Å²) in [5, 5.41) is 0. The van der Waals surface area contributed by atoms with Gasteiger partial charge in [0.25, 0.3) is 0 Å². The molecule has 2 nitrogen and oxygen atoms in total. The average molecular weight is 348 g/mol. The van der Waals surface area contributed by atoms with Gasteiger partial charge in [0, 0.05) is 25.5 Å². The smallest absolute Gasteiger partial charge is 0.0967 e. The van der Waals surface area contributed by atoms with Crippen LogP contribution in [-0.2, 0) is 10.3 Å². The SMILES string of the molecule is ClCCC1OC2(CCN(CC3CCCCC3)CC2)c2ccccc21. The number of halogens is 1. The summed E-state index contributed by atoms with van der Waals surface area (Å²) in [4.78, 5) is 2.70. The first-order valence-electron chi connectivity index (χ1n) is 9.86. The Kier molecular flexibility index (Phi) is 5.17. The molecule has 1 saturated carbocycles. The maximum atomic E-state index is 6.63. The summed E-state index contributed by atoms with van der Waals surface area (Å²) in [6, 6.07) is 8.85. The minimum atomic E-state index is -0.0453. The molecule has 24 heavy (non-hydrogen) atoms. The molecule has 1 unspecified atom stereocenters. The van der Waals surface area contributed by atoms with Gasteiger partial charge < -0.3 is 9.64 Å². The number of fused-ring (bicyclic) bond motifs is 2. The Morgan fingerprint density at radius 3 is 2.58 bits per heavy atom. The second-order valence-electron chi connectivity index (χ2n) is 7.97. The van der Waals surface area contributed by atoms with E-state index in [0.29, 0.717) is 5.88 Å². The number of rotatable bonds is 4. The monoisotopic (exact) mass is 347 g/mol. The zero-order chi connectivity index (χ0) is 16.4. The van der Waals surface area contributed by atoms with Gasteiger partial charge in [0.15, 0.2) is 0 Å². The summed E-state index contributed by atoms with van der Waals surface area (Å²) in [5.41, 5.74) is 2.78. The summed E-state index contributed by atoms with van der Waals surface area (Å²) in [6.07, 6.45) is 10.6. The third-order valence-corrected chi connectivity index (χ3v) is 6.66. The van der Waals surface area contributed by atoms with E-state index in [0.717, 1.165) is 25.2 Å². The first-order chi connectivity index (χ1) is 11.8. The fourth-order valence-corrected chi connectivity index (χ4v) is 5.32. The van der Waals surface area contributed by atoms with Crippen LogP contribution in [0.15, 0.2) is 24.3 Å². The van der Waals surface area contributed by atoms with E-state index in [-0.39, 0.29) is 11.7 Å². The second-order valence-corrected chi connectivity index (χ2v) is 8.35. The summed E-state index contributed by atoms with van der Waals surface area (Å²) in [6.45, 7) is 3.67. The molecule has 4 rings (SSSR count). The first-order valence-corrected chi connectivity index (χ1v) is 10.4. The molecule has 0 amide bonds. The van der Waals surface area contributed by atoms with E-state index in [2.05, 4.69) is 29.2 Å². The highest BCUT2D eigenvalue weighted by Crippen LogP contribution is 2.50. The van der Waals surface area contributed by atoms with Crippen molar-refractivity contribution in [2.75, 3.05) is 25.5 Å². The summed E-state index contributed by atoms with van der Waals surface area (Å²) in [5.74, 6) is 1.61. The van der Waals surface area contributed by atoms with Crippen LogP contribution < -0.4 is 0 Å². The van der Waals surface area contributed by atoms with Crippen molar-refractivity contribution in [1.82, 2.24) is 4.90 Å². The molecular formula is C21H30ClNO. The van der Waals surface area contributed by atoms with Crippen LogP contribution in [0.4, 0.5) is 0 Å². The number of benzene rings is 1. The van der Waals surface area contributed by atoms with E-state index in [9.17, 15) is 0 Å². The molecule has 1 saturated heterocycles. The minimum absolute atomic E-state index is 0.0453. The van der Waals surface area contributed by atoms with Gasteiger partial charge in [0.1, 0.15) is 0 Å². The number of ether oxygens (including phenoxy) is 1. The molecule has 1 aromatic rings. The molecule has 1 atom stereocenters. The quantitative estimate of drug-likeness (QED) is 0.689. The van der Waals surface area contributed by atoms with Gasteiger partial charge in [0.2, 0.25) is 0 Å². The molecule has 1 aromatic carbocycles. The summed E-state index contributed by atoms with van der Waals surface area (Å²) >= 11 is 6.02. The second kappa shape index (κ2) is 7.35. The topological polar surface area (TPSA) is 12.5 Å². The Balaban J connectivity index is 1.42. The van der Waals surface area contributed by atoms with Gasteiger partial charge in [-0.1, -0.05) is 43.5 Å². The van der Waals surface area contributed by atoms with Crippen LogP contribution >= 0.6 is 11.6 Å². The molecule has 3 heteroatoms. The van der Waals surface area contributed by atoms with Crippen molar-refractivity contribution in [3.8, 4) is 0 Å². The lowest BCUT2D eigenvalue weighted by Crippen LogP contribution is -2.44. The van der Waals surface area contributed by atoms with Crippen molar-refractivity contribution in [2.24, 2.45) is 5.92 Å². The number of likely N-dealkylation sites (tertiary alicyclic amines) is 1. The molecule has 2 fully saturated rings. The predicted molar refractivity (Wildman–Crippen MR) is 99.5 cm³/mol. The van der Waals surface area contributed by atoms with E-state index in [1.165, 1.54) is 62.9 Å². The third kappa shape index (κ3) is 3.25. The van der Waals surface area contributed by atoms with Gasteiger partial charge in [-0.15, -0.1) is 11.6 Å². The number of hydrogen-bond acceptors (Lipinski definition) is 2. The number of hydrogen-bond donors (Lipinski definition) is 0. The lowest BCUT2D eigenvalue weighted by Gasteiger charge is -2.41. The van der Waals surface area contributed by atoms with Gasteiger partial charge in [-0.2, -0.15) is 0 Å². The van der Waals surface area contributed by atoms with Gasteiger partial charge in [-0.3, -0.25) is 0 Å². The Morgan fingerprint density at radius 2 is 1.83 bits per heavy atom. The van der Waals surface area contributed by atoms with E-state index in [1.54, 1.807) is 0 Å². The molecule has 3 aliphatic rings. The predicted octanol–water partition coefficient (Wildman–Crippen LogP) is 5.26. The van der Waals surface area contributed by atoms with Crippen molar-refractivity contribution in [2.45, 2.75) is 63.1 Å². The van der Waals surface area contributed by atoms with E-state index < -0.39 is 0 Å². The number of nitrogens with zero attached hydrogens (tertiary/aromatic N) is 1. The molecule has 1 aliphatic carbocycles. The van der Waals surface area contributed by atoms with Gasteiger partial charge in [0.05, 0.1) is 11.7 Å². The average Bonchev–Trinajstić information content (AvgIpc) is 2.93. The molecule has 0 N–H and O–H groups in total. The largest absolute Gasteiger partial charge is 0.362 e. The Bertz CT molecular complexity index is 547. The van der Waals surface area contributed by atoms with Crippen LogP contribution in [0, 0.1) is 5.92 Å². The van der Waals surface area contributed by atoms with Crippen LogP contribution in [0.2, 0.25) is 0 Å². The summed E-state index contributed by atoms with van der Waals surface area (Å²) < 4.78 is 6.63. The van der Waals surface area contributed by atoms with Crippen LogP contribution in [0.1, 0.15) is 68.6 Å². The fraction of sp³-hybridized carbons (Fsp3) is 0.714. The first kappa shape index (κ1) is 16.9. The Hall–Kier alpha value is -0.570. The van der Waals surface area contributed by atoms with Crippen LogP contribution in [0.3, 0.4) is 0 Å². The summed E-state index contributed by atoms with van der Waals surface area (Å²) in [7, 11) is 0. The number of alkyl halides is 1. The van der Waals surface area contributed by atoms with Crippen LogP contribution in [0.5, 0.6) is 0 Å². The highest BCUT2D eigenvalue weighted by Gasteiger charge is 2.46. The van der Waals surface area contributed by atoms with Gasteiger partial charge in [-0.25, -0.2) is 0 Å². The maximum Gasteiger partial charge on any atom is 0.0967 e. The van der Waals surface area contributed by atoms with Crippen molar-refractivity contribution in [1.29, 1.82) is 0 Å². The lowest BCUT2D eigenvalue weighted by molar-refractivity contribution is -0.111. The molecule has 1 spiro atoms. The number of piperidine rings is 1. The highest BCUT2D eigenvalue weighted by molar-refractivity contribution is 6.17. The molecule has 2 aliphatic heterocycles. The molecule has 132 valence electrons. The van der Waals surface area contributed by atoms with Crippen molar-refractivity contribution in [3.63, 3.8) is 0 Å². The van der Waals surface area contributed by atoms with Crippen LogP contribution in [0.25, 0.3) is 0 Å². The third-order valence-electron chi connectivity index (χ3n) is 6.44. The van der Waals surface area contributed by atoms with E-state index in [1.807, 2.05) is 0 Å². The molecular weight excluding hydrogens is 318 g/mol. The molecule has 2 heterocycles. The molecule has 0 aromatic heterocycles. The normalized spacial score (nSPS) is 27.5. The highest BCUT2D eigenvalue weighted by atomic mass is 35.5.